The van der Waals surface area contributed by atoms with Crippen molar-refractivity contribution in [3.63, 3.8) is 0 Å². The zero-order chi connectivity index (χ0) is 16.0. The highest BCUT2D eigenvalue weighted by molar-refractivity contribution is 5.79. The fourth-order valence-electron chi connectivity index (χ4n) is 2.89. The number of nitrogens with zero attached hydrogens (tertiary/aromatic N) is 2. The van der Waals surface area contributed by atoms with Gasteiger partial charge in [0.15, 0.2) is 0 Å². The van der Waals surface area contributed by atoms with Crippen molar-refractivity contribution in [2.45, 2.75) is 37.8 Å². The van der Waals surface area contributed by atoms with Crippen LogP contribution in [0.25, 0.3) is 0 Å². The summed E-state index contributed by atoms with van der Waals surface area (Å²) in [6, 6.07) is 10.1. The second-order valence-electron chi connectivity index (χ2n) is 5.97. The predicted molar refractivity (Wildman–Crippen MR) is 84.3 cm³/mol. The second-order valence-corrected chi connectivity index (χ2v) is 5.97. The molecule has 1 N–H and O–H groups in total. The Bertz CT molecular complexity index is 542. The van der Waals surface area contributed by atoms with Gasteiger partial charge in [0.25, 0.3) is 0 Å². The van der Waals surface area contributed by atoms with Gasteiger partial charge in [0, 0.05) is 6.54 Å². The molecule has 1 saturated carbocycles. The highest BCUT2D eigenvalue weighted by Gasteiger charge is 2.35. The molecule has 0 radical (unpaired) electrons. The minimum atomic E-state index is -0.641. The Hall–Kier alpha value is -2.06. The van der Waals surface area contributed by atoms with Crippen molar-refractivity contribution in [2.24, 2.45) is 0 Å². The lowest BCUT2D eigenvalue weighted by Crippen LogP contribution is -2.48. The first kappa shape index (κ1) is 16.3. The maximum absolute atomic E-state index is 12.1. The first-order valence-electron chi connectivity index (χ1n) is 7.61. The number of likely N-dealkylation sites (N-methyl/N-ethyl adjacent to an activating group) is 1. The van der Waals surface area contributed by atoms with E-state index in [0.29, 0.717) is 6.54 Å². The van der Waals surface area contributed by atoms with Crippen LogP contribution in [0.2, 0.25) is 0 Å². The van der Waals surface area contributed by atoms with Crippen LogP contribution in [-0.4, -0.2) is 37.0 Å². The van der Waals surface area contributed by atoms with E-state index in [1.807, 2.05) is 36.2 Å². The molecule has 1 aliphatic carbocycles. The lowest BCUT2D eigenvalue weighted by Gasteiger charge is -2.24. The van der Waals surface area contributed by atoms with Crippen molar-refractivity contribution < 1.29 is 9.53 Å². The molecule has 1 fully saturated rings. The van der Waals surface area contributed by atoms with E-state index in [1.165, 1.54) is 0 Å². The number of hydrogen-bond acceptors (Lipinski definition) is 4. The van der Waals surface area contributed by atoms with Crippen LogP contribution in [0, 0.1) is 11.3 Å². The number of ether oxygens (including phenoxy) is 1. The number of carbonyl (C=O) groups excluding carboxylic acids is 1. The molecule has 1 amide bonds. The number of amides is 1. The first-order chi connectivity index (χ1) is 10.6. The molecular formula is C17H23N3O2. The lowest BCUT2D eigenvalue weighted by atomic mass is 10.00. The molecule has 0 heterocycles. The molecule has 2 rings (SSSR count). The summed E-state index contributed by atoms with van der Waals surface area (Å²) >= 11 is 0. The Labute approximate surface area is 131 Å². The Balaban J connectivity index is 1.84. The zero-order valence-corrected chi connectivity index (χ0v) is 13.3. The van der Waals surface area contributed by atoms with Gasteiger partial charge in [-0.2, -0.15) is 5.26 Å². The number of hydrogen-bond donors (Lipinski definition) is 1. The third-order valence-corrected chi connectivity index (χ3v) is 4.07. The largest absolute Gasteiger partial charge is 0.497 e. The molecular weight excluding hydrogens is 278 g/mol. The number of carbonyl (C=O) groups is 1. The van der Waals surface area contributed by atoms with Crippen LogP contribution < -0.4 is 10.1 Å². The van der Waals surface area contributed by atoms with E-state index in [1.54, 1.807) is 7.11 Å². The standard InChI is InChI=1S/C17H23N3O2/c1-20(11-14-5-7-15(22-2)8-6-14)12-16(21)19-17(13-18)9-3-4-10-17/h5-8H,3-4,9-12H2,1-2H3,(H,19,21). The Morgan fingerprint density at radius 1 is 1.36 bits per heavy atom. The topological polar surface area (TPSA) is 65.4 Å². The molecule has 1 aromatic rings. The van der Waals surface area contributed by atoms with Gasteiger partial charge < -0.3 is 10.1 Å². The van der Waals surface area contributed by atoms with Crippen molar-refractivity contribution in [1.29, 1.82) is 5.26 Å². The van der Waals surface area contributed by atoms with Crippen LogP contribution in [0.4, 0.5) is 0 Å². The summed E-state index contributed by atoms with van der Waals surface area (Å²) in [6.45, 7) is 0.965. The van der Waals surface area contributed by atoms with E-state index in [9.17, 15) is 10.1 Å². The first-order valence-corrected chi connectivity index (χ1v) is 7.61. The summed E-state index contributed by atoms with van der Waals surface area (Å²) in [5.41, 5.74) is 0.477. The van der Waals surface area contributed by atoms with Gasteiger partial charge in [0.05, 0.1) is 19.7 Å². The molecule has 0 aliphatic heterocycles. The Morgan fingerprint density at radius 3 is 2.55 bits per heavy atom. The minimum absolute atomic E-state index is 0.0838. The predicted octanol–water partition coefficient (Wildman–Crippen LogP) is 2.08. The van der Waals surface area contributed by atoms with Crippen LogP contribution in [0.3, 0.4) is 0 Å². The van der Waals surface area contributed by atoms with Crippen LogP contribution in [-0.2, 0) is 11.3 Å². The van der Waals surface area contributed by atoms with Crippen molar-refractivity contribution >= 4 is 5.91 Å². The quantitative estimate of drug-likeness (QED) is 0.873. The molecule has 0 aromatic heterocycles. The number of methoxy groups -OCH3 is 1. The molecule has 1 aromatic carbocycles. The maximum Gasteiger partial charge on any atom is 0.235 e. The van der Waals surface area contributed by atoms with Crippen LogP contribution in [0.1, 0.15) is 31.2 Å². The van der Waals surface area contributed by atoms with E-state index < -0.39 is 5.54 Å². The molecule has 118 valence electrons. The van der Waals surface area contributed by atoms with Crippen molar-refractivity contribution in [3.05, 3.63) is 29.8 Å². The van der Waals surface area contributed by atoms with E-state index >= 15 is 0 Å². The van der Waals surface area contributed by atoms with Gasteiger partial charge >= 0.3 is 0 Å². The fourth-order valence-corrected chi connectivity index (χ4v) is 2.89. The van der Waals surface area contributed by atoms with Gasteiger partial charge in [-0.25, -0.2) is 0 Å². The molecule has 5 heteroatoms. The minimum Gasteiger partial charge on any atom is -0.497 e. The normalized spacial score (nSPS) is 16.3. The summed E-state index contributed by atoms with van der Waals surface area (Å²) in [5.74, 6) is 0.737. The summed E-state index contributed by atoms with van der Waals surface area (Å²) in [6.07, 6.45) is 3.54. The van der Waals surface area contributed by atoms with Crippen LogP contribution in [0.5, 0.6) is 5.75 Å². The Morgan fingerprint density at radius 2 is 2.00 bits per heavy atom. The van der Waals surface area contributed by atoms with Gasteiger partial charge in [-0.15, -0.1) is 0 Å². The van der Waals surface area contributed by atoms with Gasteiger partial charge in [-0.1, -0.05) is 12.1 Å². The smallest absolute Gasteiger partial charge is 0.235 e. The molecule has 1 aliphatic rings. The van der Waals surface area contributed by atoms with E-state index in [0.717, 1.165) is 37.0 Å². The summed E-state index contributed by atoms with van der Waals surface area (Å²) in [4.78, 5) is 14.1. The van der Waals surface area contributed by atoms with Gasteiger partial charge in [-0.3, -0.25) is 9.69 Å². The molecule has 22 heavy (non-hydrogen) atoms. The van der Waals surface area contributed by atoms with Crippen molar-refractivity contribution in [2.75, 3.05) is 20.7 Å². The van der Waals surface area contributed by atoms with Crippen LogP contribution in [0.15, 0.2) is 24.3 Å². The molecule has 0 spiro atoms. The number of nitriles is 1. The molecule has 0 bridgehead atoms. The van der Waals surface area contributed by atoms with E-state index in [2.05, 4.69) is 11.4 Å². The lowest BCUT2D eigenvalue weighted by molar-refractivity contribution is -0.123. The maximum atomic E-state index is 12.1. The van der Waals surface area contributed by atoms with E-state index in [4.69, 9.17) is 4.74 Å². The highest BCUT2D eigenvalue weighted by atomic mass is 16.5. The van der Waals surface area contributed by atoms with E-state index in [-0.39, 0.29) is 12.5 Å². The molecule has 0 unspecified atom stereocenters. The highest BCUT2D eigenvalue weighted by Crippen LogP contribution is 2.28. The average Bonchev–Trinajstić information content (AvgIpc) is 2.96. The van der Waals surface area contributed by atoms with Gasteiger partial charge in [0.2, 0.25) is 5.91 Å². The number of benzene rings is 1. The molecule has 0 saturated heterocycles. The van der Waals surface area contributed by atoms with Gasteiger partial charge in [-0.05, 0) is 50.4 Å². The van der Waals surface area contributed by atoms with Crippen molar-refractivity contribution in [1.82, 2.24) is 10.2 Å². The summed E-state index contributed by atoms with van der Waals surface area (Å²) in [7, 11) is 3.54. The van der Waals surface area contributed by atoms with Gasteiger partial charge in [0.1, 0.15) is 11.3 Å². The number of nitrogens with one attached hydrogen (secondary N) is 1. The second kappa shape index (κ2) is 7.28. The van der Waals surface area contributed by atoms with Crippen LogP contribution >= 0.6 is 0 Å². The Kier molecular flexibility index (Phi) is 5.40. The average molecular weight is 301 g/mol. The van der Waals surface area contributed by atoms with Crippen molar-refractivity contribution in [3.8, 4) is 11.8 Å². The zero-order valence-electron chi connectivity index (χ0n) is 13.3. The molecule has 0 atom stereocenters. The fraction of sp³-hybridized carbons (Fsp3) is 0.529. The monoisotopic (exact) mass is 301 g/mol. The molecule has 5 nitrogen and oxygen atoms in total. The third kappa shape index (κ3) is 4.22. The number of rotatable bonds is 6. The summed E-state index contributed by atoms with van der Waals surface area (Å²) < 4.78 is 5.13. The third-order valence-electron chi connectivity index (χ3n) is 4.07. The summed E-state index contributed by atoms with van der Waals surface area (Å²) in [5, 5.41) is 12.2. The SMILES string of the molecule is COc1ccc(CN(C)CC(=O)NC2(C#N)CCCC2)cc1.